The zero-order valence-electron chi connectivity index (χ0n) is 11.4. The Labute approximate surface area is 123 Å². The van der Waals surface area contributed by atoms with Crippen LogP contribution in [-0.4, -0.2) is 35.8 Å². The Hall–Kier alpha value is -1.03. The molecule has 0 spiro atoms. The summed E-state index contributed by atoms with van der Waals surface area (Å²) in [5.74, 6) is 1.41. The van der Waals surface area contributed by atoms with Crippen molar-refractivity contribution in [3.8, 4) is 5.75 Å². The van der Waals surface area contributed by atoms with Crippen LogP contribution in [0.1, 0.15) is 30.1 Å². The maximum Gasteiger partial charge on any atom is 0.257 e. The van der Waals surface area contributed by atoms with Gasteiger partial charge in [0.15, 0.2) is 0 Å². The summed E-state index contributed by atoms with van der Waals surface area (Å²) in [6.45, 7) is 3.84. The lowest BCUT2D eigenvalue weighted by atomic mass is 9.94. The first-order valence-corrected chi connectivity index (χ1v) is 7.61. The number of carbonyl (C=O) groups excluding carboxylic acids is 1. The molecular weight excluding hydrogens is 306 g/mol. The van der Waals surface area contributed by atoms with E-state index in [4.69, 9.17) is 4.74 Å². The van der Waals surface area contributed by atoms with E-state index in [0.29, 0.717) is 22.1 Å². The summed E-state index contributed by atoms with van der Waals surface area (Å²) in [5, 5.41) is 0. The predicted octanol–water partition coefficient (Wildman–Crippen LogP) is 3.33. The van der Waals surface area contributed by atoms with Gasteiger partial charge >= 0.3 is 0 Å². The van der Waals surface area contributed by atoms with Crippen LogP contribution in [0.15, 0.2) is 24.3 Å². The van der Waals surface area contributed by atoms with Crippen molar-refractivity contribution in [3.05, 3.63) is 29.8 Å². The van der Waals surface area contributed by atoms with Gasteiger partial charge in [-0.3, -0.25) is 4.79 Å². The van der Waals surface area contributed by atoms with Crippen molar-refractivity contribution >= 4 is 21.8 Å². The van der Waals surface area contributed by atoms with E-state index in [-0.39, 0.29) is 5.91 Å². The van der Waals surface area contributed by atoms with E-state index >= 15 is 0 Å². The first-order chi connectivity index (χ1) is 9.13. The summed E-state index contributed by atoms with van der Waals surface area (Å²) in [6.07, 6.45) is 2.13. The van der Waals surface area contributed by atoms with Gasteiger partial charge in [-0.2, -0.15) is 0 Å². The number of alkyl halides is 1. The average Bonchev–Trinajstić information content (AvgIpc) is 2.46. The standard InChI is InChI=1S/C15H20BrNO2/c1-11(16)12-7-9-17(10-8-12)15(18)13-5-3-4-6-14(13)19-2/h3-6,11-12H,7-10H2,1-2H3. The molecule has 0 aromatic heterocycles. The molecule has 1 aromatic rings. The van der Waals surface area contributed by atoms with Crippen LogP contribution in [0.3, 0.4) is 0 Å². The molecule has 1 fully saturated rings. The Bertz CT molecular complexity index is 440. The molecule has 3 nitrogen and oxygen atoms in total. The molecule has 19 heavy (non-hydrogen) atoms. The van der Waals surface area contributed by atoms with Crippen molar-refractivity contribution in [2.75, 3.05) is 20.2 Å². The number of carbonyl (C=O) groups is 1. The highest BCUT2D eigenvalue weighted by molar-refractivity contribution is 9.09. The van der Waals surface area contributed by atoms with Gasteiger partial charge in [-0.15, -0.1) is 0 Å². The van der Waals surface area contributed by atoms with E-state index in [0.717, 1.165) is 25.9 Å². The number of nitrogens with zero attached hydrogens (tertiary/aromatic N) is 1. The molecule has 1 aromatic carbocycles. The Morgan fingerprint density at radius 2 is 2.00 bits per heavy atom. The van der Waals surface area contributed by atoms with Crippen molar-refractivity contribution in [1.29, 1.82) is 0 Å². The highest BCUT2D eigenvalue weighted by Crippen LogP contribution is 2.27. The zero-order chi connectivity index (χ0) is 13.8. The topological polar surface area (TPSA) is 29.5 Å². The molecule has 1 amide bonds. The van der Waals surface area contributed by atoms with Crippen LogP contribution < -0.4 is 4.74 Å². The maximum atomic E-state index is 12.5. The molecule has 1 atom stereocenters. The van der Waals surface area contributed by atoms with Gasteiger partial charge in [0.05, 0.1) is 12.7 Å². The van der Waals surface area contributed by atoms with Gasteiger partial charge in [0.2, 0.25) is 0 Å². The molecule has 2 rings (SSSR count). The largest absolute Gasteiger partial charge is 0.496 e. The van der Waals surface area contributed by atoms with Gasteiger partial charge in [-0.1, -0.05) is 35.0 Å². The van der Waals surface area contributed by atoms with Crippen molar-refractivity contribution < 1.29 is 9.53 Å². The second kappa shape index (κ2) is 6.42. The van der Waals surface area contributed by atoms with Crippen LogP contribution in [0.5, 0.6) is 5.75 Å². The SMILES string of the molecule is COc1ccccc1C(=O)N1CCC(C(C)Br)CC1. The number of benzene rings is 1. The molecule has 1 saturated heterocycles. The normalized spacial score (nSPS) is 18.2. The lowest BCUT2D eigenvalue weighted by molar-refractivity contribution is 0.0688. The van der Waals surface area contributed by atoms with Crippen LogP contribution >= 0.6 is 15.9 Å². The first-order valence-electron chi connectivity index (χ1n) is 6.70. The van der Waals surface area contributed by atoms with Crippen LogP contribution in [-0.2, 0) is 0 Å². The summed E-state index contributed by atoms with van der Waals surface area (Å²) in [5.41, 5.74) is 0.662. The van der Waals surface area contributed by atoms with Gasteiger partial charge in [0.25, 0.3) is 5.91 Å². The number of amides is 1. The van der Waals surface area contributed by atoms with Crippen LogP contribution in [0.25, 0.3) is 0 Å². The molecule has 1 aliphatic heterocycles. The zero-order valence-corrected chi connectivity index (χ0v) is 13.0. The van der Waals surface area contributed by atoms with E-state index in [2.05, 4.69) is 22.9 Å². The van der Waals surface area contributed by atoms with Crippen molar-refractivity contribution in [1.82, 2.24) is 4.90 Å². The molecular formula is C15H20BrNO2. The summed E-state index contributed by atoms with van der Waals surface area (Å²) < 4.78 is 5.26. The van der Waals surface area contributed by atoms with Gasteiger partial charge in [-0.05, 0) is 30.9 Å². The second-order valence-electron chi connectivity index (χ2n) is 5.01. The Morgan fingerprint density at radius 1 is 1.37 bits per heavy atom. The molecule has 1 aliphatic rings. The first kappa shape index (κ1) is 14.4. The minimum absolute atomic E-state index is 0.0816. The molecule has 0 bridgehead atoms. The smallest absolute Gasteiger partial charge is 0.257 e. The number of ether oxygens (including phenoxy) is 1. The van der Waals surface area contributed by atoms with Gasteiger partial charge in [-0.25, -0.2) is 0 Å². The molecule has 0 N–H and O–H groups in total. The van der Waals surface area contributed by atoms with Crippen molar-refractivity contribution in [2.24, 2.45) is 5.92 Å². The average molecular weight is 326 g/mol. The maximum absolute atomic E-state index is 12.5. The van der Waals surface area contributed by atoms with Gasteiger partial charge in [0, 0.05) is 17.9 Å². The Morgan fingerprint density at radius 3 is 2.58 bits per heavy atom. The summed E-state index contributed by atoms with van der Waals surface area (Å²) in [6, 6.07) is 7.43. The number of hydrogen-bond donors (Lipinski definition) is 0. The highest BCUT2D eigenvalue weighted by atomic mass is 79.9. The number of piperidine rings is 1. The third-order valence-corrected chi connectivity index (χ3v) is 4.56. The molecule has 0 radical (unpaired) electrons. The van der Waals surface area contributed by atoms with E-state index in [1.165, 1.54) is 0 Å². The van der Waals surface area contributed by atoms with E-state index in [9.17, 15) is 4.79 Å². The van der Waals surface area contributed by atoms with E-state index in [1.54, 1.807) is 7.11 Å². The van der Waals surface area contributed by atoms with Crippen molar-refractivity contribution in [3.63, 3.8) is 0 Å². The van der Waals surface area contributed by atoms with Crippen LogP contribution in [0, 0.1) is 5.92 Å². The Kier molecular flexibility index (Phi) is 4.86. The quantitative estimate of drug-likeness (QED) is 0.798. The lowest BCUT2D eigenvalue weighted by Crippen LogP contribution is -2.40. The fourth-order valence-electron chi connectivity index (χ4n) is 2.55. The highest BCUT2D eigenvalue weighted by Gasteiger charge is 2.26. The van der Waals surface area contributed by atoms with Gasteiger partial charge in [0.1, 0.15) is 5.75 Å². The van der Waals surface area contributed by atoms with Crippen LogP contribution in [0.4, 0.5) is 0 Å². The molecule has 104 valence electrons. The number of para-hydroxylation sites is 1. The van der Waals surface area contributed by atoms with Gasteiger partial charge < -0.3 is 9.64 Å². The van der Waals surface area contributed by atoms with Crippen LogP contribution in [0.2, 0.25) is 0 Å². The second-order valence-corrected chi connectivity index (χ2v) is 6.45. The molecule has 4 heteroatoms. The number of halogens is 1. The van der Waals surface area contributed by atoms with Crippen molar-refractivity contribution in [2.45, 2.75) is 24.6 Å². The minimum atomic E-state index is 0.0816. The fourth-order valence-corrected chi connectivity index (χ4v) is 3.08. The summed E-state index contributed by atoms with van der Waals surface area (Å²) in [7, 11) is 1.60. The number of likely N-dealkylation sites (tertiary alicyclic amines) is 1. The molecule has 1 unspecified atom stereocenters. The lowest BCUT2D eigenvalue weighted by Gasteiger charge is -2.33. The third kappa shape index (κ3) is 3.30. The predicted molar refractivity (Wildman–Crippen MR) is 80.0 cm³/mol. The van der Waals surface area contributed by atoms with E-state index < -0.39 is 0 Å². The number of methoxy groups -OCH3 is 1. The third-order valence-electron chi connectivity index (χ3n) is 3.81. The minimum Gasteiger partial charge on any atom is -0.496 e. The Balaban J connectivity index is 2.05. The molecule has 0 aliphatic carbocycles. The molecule has 1 heterocycles. The fraction of sp³-hybridized carbons (Fsp3) is 0.533. The number of hydrogen-bond acceptors (Lipinski definition) is 2. The summed E-state index contributed by atoms with van der Waals surface area (Å²) in [4.78, 5) is 14.9. The van der Waals surface area contributed by atoms with E-state index in [1.807, 2.05) is 29.2 Å². The summed E-state index contributed by atoms with van der Waals surface area (Å²) >= 11 is 3.64. The number of rotatable bonds is 3. The monoisotopic (exact) mass is 325 g/mol. The molecule has 0 saturated carbocycles.